The smallest absolute Gasteiger partial charge is 0.330 e. The van der Waals surface area contributed by atoms with E-state index in [2.05, 4.69) is 11.9 Å². The molecule has 0 bridgehead atoms. The average molecular weight is 485 g/mol. The van der Waals surface area contributed by atoms with Crippen LogP contribution in [0.1, 0.15) is 38.2 Å². The monoisotopic (exact) mass is 484 g/mol. The van der Waals surface area contributed by atoms with Gasteiger partial charge in [-0.1, -0.05) is 18.2 Å². The second-order valence-electron chi connectivity index (χ2n) is 8.71. The lowest BCUT2D eigenvalue weighted by atomic mass is 9.99. The van der Waals surface area contributed by atoms with Gasteiger partial charge in [0.15, 0.2) is 17.3 Å². The second kappa shape index (κ2) is 10.1. The number of phenols is 1. The molecule has 7 nitrogen and oxygen atoms in total. The number of aliphatic hydroxyl groups is 1. The van der Waals surface area contributed by atoms with Crippen LogP contribution in [0.3, 0.4) is 0 Å². The quantitative estimate of drug-likeness (QED) is 0.257. The van der Waals surface area contributed by atoms with Crippen LogP contribution >= 0.6 is 0 Å². The number of nitrogens with one attached hydrogen (secondary N) is 1. The molecule has 0 saturated heterocycles. The van der Waals surface area contributed by atoms with E-state index in [0.29, 0.717) is 28.1 Å². The van der Waals surface area contributed by atoms with Gasteiger partial charge in [-0.2, -0.15) is 0 Å². The van der Waals surface area contributed by atoms with Gasteiger partial charge >= 0.3 is 5.69 Å². The van der Waals surface area contributed by atoms with Crippen molar-refractivity contribution < 1.29 is 19.7 Å². The number of ketones is 1. The van der Waals surface area contributed by atoms with Crippen LogP contribution in [0.15, 0.2) is 65.6 Å². The van der Waals surface area contributed by atoms with Crippen molar-refractivity contribution >= 4 is 11.9 Å². The molecule has 0 saturated carbocycles. The number of aromatic hydroxyl groups is 1. The van der Waals surface area contributed by atoms with Crippen LogP contribution in [0.5, 0.6) is 11.5 Å². The summed E-state index contributed by atoms with van der Waals surface area (Å²) in [6, 6.07) is 14.1. The molecule has 0 fully saturated rings. The van der Waals surface area contributed by atoms with Crippen LogP contribution in [0.2, 0.25) is 0 Å². The Balaban J connectivity index is 1.63. The van der Waals surface area contributed by atoms with E-state index in [9.17, 15) is 19.8 Å². The molecule has 0 amide bonds. The minimum absolute atomic E-state index is 0.136. The maximum atomic E-state index is 12.9. The van der Waals surface area contributed by atoms with Crippen molar-refractivity contribution in [2.45, 2.75) is 27.4 Å². The normalized spacial score (nSPS) is 11.2. The predicted octanol–water partition coefficient (Wildman–Crippen LogP) is 4.86. The molecular weight excluding hydrogens is 456 g/mol. The summed E-state index contributed by atoms with van der Waals surface area (Å²) in [7, 11) is 1.41. The summed E-state index contributed by atoms with van der Waals surface area (Å²) in [5.74, 6) is -0.191. The fraction of sp³-hybridized carbons (Fsp3) is 0.172. The number of aryl methyl sites for hydroxylation is 2. The van der Waals surface area contributed by atoms with Crippen LogP contribution in [0, 0.1) is 20.8 Å². The lowest BCUT2D eigenvalue weighted by Crippen LogP contribution is -2.14. The predicted molar refractivity (Wildman–Crippen MR) is 140 cm³/mol. The van der Waals surface area contributed by atoms with Gasteiger partial charge in [0.25, 0.3) is 0 Å². The number of H-pyrrole nitrogens is 1. The highest BCUT2D eigenvalue weighted by Gasteiger charge is 2.12. The number of allylic oxidation sites excluding steroid dienone is 1. The molecule has 1 aromatic heterocycles. The number of rotatable bonds is 7. The summed E-state index contributed by atoms with van der Waals surface area (Å²) in [5.41, 5.74) is 6.71. The fourth-order valence-corrected chi connectivity index (χ4v) is 4.06. The summed E-state index contributed by atoms with van der Waals surface area (Å²) in [6.07, 6.45) is 4.72. The molecule has 0 atom stereocenters. The number of aromatic amines is 1. The van der Waals surface area contributed by atoms with E-state index >= 15 is 0 Å². The van der Waals surface area contributed by atoms with E-state index in [0.717, 1.165) is 16.7 Å². The third-order valence-corrected chi connectivity index (χ3v) is 6.36. The molecule has 7 heteroatoms. The zero-order chi connectivity index (χ0) is 26.0. The van der Waals surface area contributed by atoms with E-state index in [1.54, 1.807) is 48.7 Å². The SMILES string of the molecule is COc1cc(C=CC(=O)c2cccc(-n3cc(-c4cc(C)c(C)c(C)c4)[nH]c3=O)c2)cc(CO)c1O. The number of aromatic nitrogens is 2. The standard InChI is InChI=1S/C29H28N2O5/c1-17-10-22(11-18(2)19(17)3)25-15-31(29(35)30-25)24-7-5-6-21(14-24)26(33)9-8-20-12-23(16-32)28(34)27(13-20)36-4/h5-15,32,34H,16H2,1-4H3,(H,30,35). The lowest BCUT2D eigenvalue weighted by Gasteiger charge is -2.09. The molecule has 0 unspecified atom stereocenters. The number of imidazole rings is 1. The van der Waals surface area contributed by atoms with Gasteiger partial charge in [0.2, 0.25) is 0 Å². The first kappa shape index (κ1) is 24.8. The molecular formula is C29H28N2O5. The molecule has 0 aliphatic carbocycles. The van der Waals surface area contributed by atoms with Gasteiger partial charge in [-0.15, -0.1) is 0 Å². The molecule has 4 aromatic rings. The van der Waals surface area contributed by atoms with Gasteiger partial charge in [-0.05, 0) is 85.5 Å². The molecule has 4 rings (SSSR count). The number of hydrogen-bond donors (Lipinski definition) is 3. The number of aliphatic hydroxyl groups excluding tert-OH is 1. The van der Waals surface area contributed by atoms with Crippen molar-refractivity contribution in [2.24, 2.45) is 0 Å². The van der Waals surface area contributed by atoms with Crippen LogP contribution < -0.4 is 10.4 Å². The van der Waals surface area contributed by atoms with Crippen molar-refractivity contribution in [3.63, 3.8) is 0 Å². The molecule has 0 radical (unpaired) electrons. The Morgan fingerprint density at radius 1 is 1.08 bits per heavy atom. The number of hydrogen-bond acceptors (Lipinski definition) is 5. The van der Waals surface area contributed by atoms with Gasteiger partial charge in [-0.25, -0.2) is 4.79 Å². The van der Waals surface area contributed by atoms with Crippen molar-refractivity contribution in [3.05, 3.63) is 105 Å². The summed E-state index contributed by atoms with van der Waals surface area (Å²) >= 11 is 0. The van der Waals surface area contributed by atoms with Gasteiger partial charge in [0, 0.05) is 22.9 Å². The van der Waals surface area contributed by atoms with E-state index in [4.69, 9.17) is 4.74 Å². The summed E-state index contributed by atoms with van der Waals surface area (Å²) < 4.78 is 6.62. The zero-order valence-corrected chi connectivity index (χ0v) is 20.6. The lowest BCUT2D eigenvalue weighted by molar-refractivity contribution is 0.104. The van der Waals surface area contributed by atoms with Crippen LogP contribution in [-0.2, 0) is 6.61 Å². The summed E-state index contributed by atoms with van der Waals surface area (Å²) in [6.45, 7) is 5.79. The topological polar surface area (TPSA) is 105 Å². The zero-order valence-electron chi connectivity index (χ0n) is 20.6. The maximum absolute atomic E-state index is 12.9. The highest BCUT2D eigenvalue weighted by molar-refractivity contribution is 6.07. The van der Waals surface area contributed by atoms with E-state index < -0.39 is 0 Å². The molecule has 36 heavy (non-hydrogen) atoms. The number of nitrogens with zero attached hydrogens (tertiary/aromatic N) is 1. The summed E-state index contributed by atoms with van der Waals surface area (Å²) in [5, 5.41) is 19.5. The van der Waals surface area contributed by atoms with E-state index in [1.165, 1.54) is 23.3 Å². The largest absolute Gasteiger partial charge is 0.504 e. The third kappa shape index (κ3) is 4.87. The van der Waals surface area contributed by atoms with Gasteiger partial charge in [0.1, 0.15) is 0 Å². The van der Waals surface area contributed by atoms with E-state index in [1.807, 2.05) is 26.0 Å². The van der Waals surface area contributed by atoms with Crippen LogP contribution in [0.25, 0.3) is 23.0 Å². The maximum Gasteiger partial charge on any atom is 0.330 e. The minimum atomic E-state index is -0.366. The molecule has 0 spiro atoms. The Kier molecular flexibility index (Phi) is 6.94. The first-order valence-electron chi connectivity index (χ1n) is 11.4. The second-order valence-corrected chi connectivity index (χ2v) is 8.71. The Bertz CT molecular complexity index is 1490. The number of methoxy groups -OCH3 is 1. The summed E-state index contributed by atoms with van der Waals surface area (Å²) in [4.78, 5) is 28.5. The Hall–Kier alpha value is -4.36. The molecule has 0 aliphatic heterocycles. The fourth-order valence-electron chi connectivity index (χ4n) is 4.06. The third-order valence-electron chi connectivity index (χ3n) is 6.36. The van der Waals surface area contributed by atoms with Crippen molar-refractivity contribution in [1.82, 2.24) is 9.55 Å². The van der Waals surface area contributed by atoms with Crippen molar-refractivity contribution in [2.75, 3.05) is 7.11 Å². The first-order chi connectivity index (χ1) is 17.2. The first-order valence-corrected chi connectivity index (χ1v) is 11.4. The molecule has 0 aliphatic rings. The van der Waals surface area contributed by atoms with Gasteiger partial charge in [0.05, 0.1) is 25.1 Å². The molecule has 1 heterocycles. The number of carbonyl (C=O) groups excluding carboxylic acids is 1. The number of carbonyl (C=O) groups is 1. The number of benzene rings is 3. The highest BCUT2D eigenvalue weighted by Crippen LogP contribution is 2.32. The molecule has 3 N–H and O–H groups in total. The Morgan fingerprint density at radius 3 is 2.47 bits per heavy atom. The van der Waals surface area contributed by atoms with Crippen LogP contribution in [0.4, 0.5) is 0 Å². The van der Waals surface area contributed by atoms with Gasteiger partial charge < -0.3 is 19.9 Å². The van der Waals surface area contributed by atoms with Crippen molar-refractivity contribution in [1.29, 1.82) is 0 Å². The minimum Gasteiger partial charge on any atom is -0.504 e. The average Bonchev–Trinajstić information content (AvgIpc) is 3.27. The van der Waals surface area contributed by atoms with E-state index in [-0.39, 0.29) is 29.6 Å². The highest BCUT2D eigenvalue weighted by atomic mass is 16.5. The Morgan fingerprint density at radius 2 is 1.81 bits per heavy atom. The van der Waals surface area contributed by atoms with Crippen LogP contribution in [-0.4, -0.2) is 32.7 Å². The van der Waals surface area contributed by atoms with Gasteiger partial charge in [-0.3, -0.25) is 9.36 Å². The number of ether oxygens (including phenoxy) is 1. The Labute approximate surface area is 208 Å². The molecule has 3 aromatic carbocycles. The molecule has 184 valence electrons. The van der Waals surface area contributed by atoms with Crippen molar-refractivity contribution in [3.8, 4) is 28.4 Å².